The van der Waals surface area contributed by atoms with Crippen molar-refractivity contribution in [2.24, 2.45) is 0 Å². The van der Waals surface area contributed by atoms with E-state index in [9.17, 15) is 0 Å². The fraction of sp³-hybridized carbons (Fsp3) is 0.440. The Labute approximate surface area is 195 Å². The van der Waals surface area contributed by atoms with Crippen LogP contribution in [0.15, 0.2) is 54.6 Å². The van der Waals surface area contributed by atoms with Crippen molar-refractivity contribution >= 4 is 17.6 Å². The molecule has 0 aliphatic carbocycles. The number of para-hydroxylation sites is 2. The van der Waals surface area contributed by atoms with Crippen LogP contribution in [0.5, 0.6) is 5.75 Å². The molecule has 2 aromatic carbocycles. The van der Waals surface area contributed by atoms with Crippen LogP contribution in [0.25, 0.3) is 0 Å². The second kappa shape index (κ2) is 12.2. The molecule has 0 amide bonds. The molecule has 178 valence electrons. The molecule has 0 atom stereocenters. The Bertz CT molecular complexity index is 880. The first-order valence-corrected chi connectivity index (χ1v) is 11.3. The van der Waals surface area contributed by atoms with E-state index in [1.165, 1.54) is 50.3 Å². The predicted octanol–water partition coefficient (Wildman–Crippen LogP) is 2.64. The summed E-state index contributed by atoms with van der Waals surface area (Å²) in [5.74, 6) is -2.64. The van der Waals surface area contributed by atoms with Gasteiger partial charge in [-0.3, -0.25) is 9.80 Å². The number of rotatable bonds is 5. The molecule has 0 aromatic heterocycles. The van der Waals surface area contributed by atoms with Gasteiger partial charge in [-0.15, -0.1) is 0 Å². The number of likely N-dealkylation sites (tertiary alicyclic amines) is 1. The highest BCUT2D eigenvalue weighted by Crippen LogP contribution is 2.24. The Morgan fingerprint density at radius 3 is 2.00 bits per heavy atom. The number of hydrogen-bond acceptors (Lipinski definition) is 6. The number of piperazine rings is 1. The van der Waals surface area contributed by atoms with Crippen molar-refractivity contribution in [2.45, 2.75) is 25.4 Å². The molecular formula is C25H33N3O5. The smallest absolute Gasteiger partial charge is 0.414 e. The number of hydrogen-bond donors (Lipinski definition) is 2. The lowest BCUT2D eigenvalue weighted by atomic mass is 10.0. The third-order valence-corrected chi connectivity index (χ3v) is 6.28. The normalized spacial score (nSPS) is 17.7. The first-order chi connectivity index (χ1) is 16.0. The van der Waals surface area contributed by atoms with Crippen LogP contribution in [-0.4, -0.2) is 84.4 Å². The standard InChI is InChI=1S/C23H31N3O.C2H2O4/c1-27-23-10-6-5-7-20(23)19-24-13-11-22(12-14-24)26-17-15-25(16-18-26)21-8-3-2-4-9-21;3-1(4)2(5)6/h2-10,22H,11-19H2,1H3;(H,3,4)(H,5,6). The highest BCUT2D eigenvalue weighted by atomic mass is 16.5. The topological polar surface area (TPSA) is 93.5 Å². The van der Waals surface area contributed by atoms with Crippen molar-refractivity contribution in [2.75, 3.05) is 51.3 Å². The number of carboxylic acids is 2. The van der Waals surface area contributed by atoms with E-state index in [4.69, 9.17) is 24.5 Å². The number of aliphatic carboxylic acids is 2. The second-order valence-corrected chi connectivity index (χ2v) is 8.29. The van der Waals surface area contributed by atoms with Gasteiger partial charge < -0.3 is 19.8 Å². The lowest BCUT2D eigenvalue weighted by molar-refractivity contribution is -0.159. The van der Waals surface area contributed by atoms with Crippen LogP contribution in [0, 0.1) is 0 Å². The van der Waals surface area contributed by atoms with E-state index in [1.54, 1.807) is 7.11 Å². The largest absolute Gasteiger partial charge is 0.496 e. The summed E-state index contributed by atoms with van der Waals surface area (Å²) >= 11 is 0. The fourth-order valence-corrected chi connectivity index (χ4v) is 4.50. The first-order valence-electron chi connectivity index (χ1n) is 11.3. The van der Waals surface area contributed by atoms with Crippen molar-refractivity contribution in [3.8, 4) is 5.75 Å². The summed E-state index contributed by atoms with van der Waals surface area (Å²) < 4.78 is 5.51. The van der Waals surface area contributed by atoms with Gasteiger partial charge in [-0.05, 0) is 44.1 Å². The molecule has 2 N–H and O–H groups in total. The van der Waals surface area contributed by atoms with Crippen LogP contribution in [0.2, 0.25) is 0 Å². The summed E-state index contributed by atoms with van der Waals surface area (Å²) in [7, 11) is 1.76. The van der Waals surface area contributed by atoms with E-state index in [-0.39, 0.29) is 0 Å². The highest BCUT2D eigenvalue weighted by molar-refractivity contribution is 6.27. The Kier molecular flexibility index (Phi) is 9.09. The molecule has 8 heteroatoms. The van der Waals surface area contributed by atoms with E-state index in [1.807, 2.05) is 6.07 Å². The number of carboxylic acid groups (broad SMARTS) is 2. The average Bonchev–Trinajstić information content (AvgIpc) is 2.86. The van der Waals surface area contributed by atoms with Crippen LogP contribution in [0.3, 0.4) is 0 Å². The number of anilines is 1. The number of nitrogens with zero attached hydrogens (tertiary/aromatic N) is 3. The zero-order valence-corrected chi connectivity index (χ0v) is 19.1. The number of carbonyl (C=O) groups is 2. The predicted molar refractivity (Wildman–Crippen MR) is 127 cm³/mol. The van der Waals surface area contributed by atoms with Crippen LogP contribution in [0.1, 0.15) is 18.4 Å². The van der Waals surface area contributed by atoms with Gasteiger partial charge in [0, 0.05) is 50.0 Å². The third kappa shape index (κ3) is 7.20. The second-order valence-electron chi connectivity index (χ2n) is 8.29. The zero-order chi connectivity index (χ0) is 23.6. The molecule has 2 aromatic rings. The molecule has 2 aliphatic heterocycles. The van der Waals surface area contributed by atoms with E-state index in [2.05, 4.69) is 63.2 Å². The van der Waals surface area contributed by atoms with Crippen LogP contribution >= 0.6 is 0 Å². The summed E-state index contributed by atoms with van der Waals surface area (Å²) in [5, 5.41) is 14.8. The minimum absolute atomic E-state index is 0.747. The van der Waals surface area contributed by atoms with E-state index in [0.717, 1.165) is 31.4 Å². The van der Waals surface area contributed by atoms with Gasteiger partial charge in [0.15, 0.2) is 0 Å². The Morgan fingerprint density at radius 1 is 0.848 bits per heavy atom. The van der Waals surface area contributed by atoms with Gasteiger partial charge in [-0.1, -0.05) is 36.4 Å². The molecule has 0 saturated carbocycles. The van der Waals surface area contributed by atoms with Gasteiger partial charge >= 0.3 is 11.9 Å². The Balaban J connectivity index is 0.000000454. The highest BCUT2D eigenvalue weighted by Gasteiger charge is 2.27. The quantitative estimate of drug-likeness (QED) is 0.665. The fourth-order valence-electron chi connectivity index (χ4n) is 4.50. The van der Waals surface area contributed by atoms with Crippen molar-refractivity contribution in [1.82, 2.24) is 9.80 Å². The minimum atomic E-state index is -1.82. The molecule has 8 nitrogen and oxygen atoms in total. The van der Waals surface area contributed by atoms with Gasteiger partial charge in [0.25, 0.3) is 0 Å². The molecule has 2 saturated heterocycles. The lowest BCUT2D eigenvalue weighted by Gasteiger charge is -2.43. The van der Waals surface area contributed by atoms with E-state index >= 15 is 0 Å². The zero-order valence-electron chi connectivity index (χ0n) is 19.1. The molecule has 0 radical (unpaired) electrons. The molecule has 2 aliphatic rings. The van der Waals surface area contributed by atoms with Gasteiger partial charge in [0.2, 0.25) is 0 Å². The van der Waals surface area contributed by atoms with Crippen LogP contribution in [-0.2, 0) is 16.1 Å². The SMILES string of the molecule is COc1ccccc1CN1CCC(N2CCN(c3ccccc3)CC2)CC1.O=C(O)C(=O)O. The minimum Gasteiger partial charge on any atom is -0.496 e. The van der Waals surface area contributed by atoms with Gasteiger partial charge in [-0.25, -0.2) is 9.59 Å². The lowest BCUT2D eigenvalue weighted by Crippen LogP contribution is -2.53. The molecule has 33 heavy (non-hydrogen) atoms. The van der Waals surface area contributed by atoms with Gasteiger partial charge in [0.05, 0.1) is 7.11 Å². The maximum absolute atomic E-state index is 9.10. The Hall–Kier alpha value is -3.10. The summed E-state index contributed by atoms with van der Waals surface area (Å²) in [6.45, 7) is 8.02. The maximum Gasteiger partial charge on any atom is 0.414 e. The number of benzene rings is 2. The first kappa shape index (κ1) is 24.5. The van der Waals surface area contributed by atoms with E-state index < -0.39 is 11.9 Å². The summed E-state index contributed by atoms with van der Waals surface area (Å²) in [6, 6.07) is 20.0. The molecular weight excluding hydrogens is 422 g/mol. The maximum atomic E-state index is 9.10. The van der Waals surface area contributed by atoms with Crippen molar-refractivity contribution in [1.29, 1.82) is 0 Å². The van der Waals surface area contributed by atoms with E-state index in [0.29, 0.717) is 0 Å². The third-order valence-electron chi connectivity index (χ3n) is 6.28. The van der Waals surface area contributed by atoms with Crippen molar-refractivity contribution < 1.29 is 24.5 Å². The summed E-state index contributed by atoms with van der Waals surface area (Å²) in [6.07, 6.45) is 2.56. The van der Waals surface area contributed by atoms with Crippen molar-refractivity contribution in [3.63, 3.8) is 0 Å². The molecule has 0 bridgehead atoms. The average molecular weight is 456 g/mol. The molecule has 2 heterocycles. The molecule has 4 rings (SSSR count). The van der Waals surface area contributed by atoms with Crippen LogP contribution < -0.4 is 9.64 Å². The monoisotopic (exact) mass is 455 g/mol. The summed E-state index contributed by atoms with van der Waals surface area (Å²) in [4.78, 5) is 26.0. The number of methoxy groups -OCH3 is 1. The molecule has 0 spiro atoms. The van der Waals surface area contributed by atoms with Gasteiger partial charge in [0.1, 0.15) is 5.75 Å². The number of ether oxygens (including phenoxy) is 1. The van der Waals surface area contributed by atoms with Crippen LogP contribution in [0.4, 0.5) is 5.69 Å². The summed E-state index contributed by atoms with van der Waals surface area (Å²) in [5.41, 5.74) is 2.67. The molecule has 0 unspecified atom stereocenters. The Morgan fingerprint density at radius 2 is 1.42 bits per heavy atom. The number of piperidine rings is 1. The van der Waals surface area contributed by atoms with Gasteiger partial charge in [-0.2, -0.15) is 0 Å². The van der Waals surface area contributed by atoms with Crippen molar-refractivity contribution in [3.05, 3.63) is 60.2 Å². The molecule has 2 fully saturated rings.